The average Bonchev–Trinajstić information content (AvgIpc) is 2.79. The maximum Gasteiger partial charge on any atom is 0.343 e. The minimum Gasteiger partial charge on any atom is -0.423 e. The Kier molecular flexibility index (Phi) is 8.99. The summed E-state index contributed by atoms with van der Waals surface area (Å²) in [6.07, 6.45) is 8.19. The standard InChI is InChI=1S/C29H44O3Si2/c1-7-8-11-24-15-19-27(20-16-24)31-28(30)26-17-13-25(14-18-26)12-9-10-22-34(6)23-21-29(2,3)32-33(34,4)5/h13-20H,7-12,21-23H2,1-6H3. The molecule has 1 fully saturated rings. The summed E-state index contributed by atoms with van der Waals surface area (Å²) < 4.78 is 12.2. The third kappa shape index (κ3) is 7.16. The van der Waals surface area contributed by atoms with Crippen molar-refractivity contribution in [1.82, 2.24) is 0 Å². The van der Waals surface area contributed by atoms with Crippen molar-refractivity contribution in [3.63, 3.8) is 0 Å². The van der Waals surface area contributed by atoms with Crippen LogP contribution >= 0.6 is 0 Å². The summed E-state index contributed by atoms with van der Waals surface area (Å²) in [7, 11) is -2.89. The second-order valence-corrected chi connectivity index (χ2v) is 26.1. The Balaban J connectivity index is 1.45. The Bertz CT molecular complexity index is 935. The Morgan fingerprint density at radius 3 is 2.09 bits per heavy atom. The lowest BCUT2D eigenvalue weighted by Crippen LogP contribution is -2.65. The fourth-order valence-electron chi connectivity index (χ4n) is 5.09. The van der Waals surface area contributed by atoms with E-state index in [-0.39, 0.29) is 11.6 Å². The van der Waals surface area contributed by atoms with Crippen molar-refractivity contribution in [2.45, 2.75) is 103 Å². The van der Waals surface area contributed by atoms with E-state index in [1.54, 1.807) is 0 Å². The summed E-state index contributed by atoms with van der Waals surface area (Å²) in [5.41, 5.74) is 3.26. The molecule has 0 aliphatic carbocycles. The molecule has 0 N–H and O–H groups in total. The van der Waals surface area contributed by atoms with Gasteiger partial charge in [0.15, 0.2) is 7.83 Å². The molecule has 0 bridgehead atoms. The molecule has 1 atom stereocenters. The van der Waals surface area contributed by atoms with E-state index in [1.807, 2.05) is 24.3 Å². The van der Waals surface area contributed by atoms with Gasteiger partial charge in [-0.2, -0.15) is 0 Å². The lowest BCUT2D eigenvalue weighted by atomic mass is 10.1. The molecule has 3 nitrogen and oxygen atoms in total. The first-order valence-corrected chi connectivity index (χ1v) is 20.0. The van der Waals surface area contributed by atoms with E-state index in [1.165, 1.54) is 55.3 Å². The molecule has 186 valence electrons. The number of hydrogen-bond donors (Lipinski definition) is 0. The van der Waals surface area contributed by atoms with Crippen LogP contribution in [0.2, 0.25) is 31.7 Å². The highest BCUT2D eigenvalue weighted by Crippen LogP contribution is 2.41. The molecular weight excluding hydrogens is 452 g/mol. The first-order valence-electron chi connectivity index (χ1n) is 13.1. The zero-order valence-electron chi connectivity index (χ0n) is 22.2. The lowest BCUT2D eigenvalue weighted by Gasteiger charge is -2.51. The number of esters is 1. The zero-order valence-corrected chi connectivity index (χ0v) is 24.2. The second kappa shape index (κ2) is 11.4. The summed E-state index contributed by atoms with van der Waals surface area (Å²) in [5.74, 6) is 0.313. The van der Waals surface area contributed by atoms with Gasteiger partial charge in [-0.3, -0.25) is 0 Å². The predicted octanol–water partition coefficient (Wildman–Crippen LogP) is 8.13. The van der Waals surface area contributed by atoms with Crippen molar-refractivity contribution in [3.8, 4) is 5.75 Å². The SMILES string of the molecule is CCCCc1ccc(OC(=O)c2ccc(CCCC[Si]3(C)CCC(C)(C)O[Si]3(C)C)cc2)cc1. The summed E-state index contributed by atoms with van der Waals surface area (Å²) in [4.78, 5) is 12.5. The molecule has 2 aromatic rings. The molecule has 34 heavy (non-hydrogen) atoms. The monoisotopic (exact) mass is 496 g/mol. The van der Waals surface area contributed by atoms with E-state index >= 15 is 0 Å². The summed E-state index contributed by atoms with van der Waals surface area (Å²) >= 11 is 0. The number of aryl methyl sites for hydroxylation is 2. The third-order valence-electron chi connectivity index (χ3n) is 7.85. The van der Waals surface area contributed by atoms with Crippen LogP contribution in [0.25, 0.3) is 0 Å². The molecule has 1 aliphatic rings. The van der Waals surface area contributed by atoms with Crippen molar-refractivity contribution in [1.29, 1.82) is 0 Å². The van der Waals surface area contributed by atoms with Gasteiger partial charge in [0.1, 0.15) is 5.75 Å². The minimum atomic E-state index is -1.58. The number of carbonyl (C=O) groups excluding carboxylic acids is 1. The molecule has 2 aromatic carbocycles. The molecule has 0 amide bonds. The minimum absolute atomic E-state index is 0.0726. The van der Waals surface area contributed by atoms with Gasteiger partial charge in [0.05, 0.1) is 18.8 Å². The normalized spacial score (nSPS) is 21.2. The van der Waals surface area contributed by atoms with Crippen molar-refractivity contribution in [2.24, 2.45) is 0 Å². The smallest absolute Gasteiger partial charge is 0.343 e. The number of hydrogen-bond acceptors (Lipinski definition) is 3. The molecule has 1 unspecified atom stereocenters. The van der Waals surface area contributed by atoms with Crippen LogP contribution in [0.15, 0.2) is 48.5 Å². The zero-order chi connectivity index (χ0) is 24.8. The Labute approximate surface area is 209 Å². The fourth-order valence-corrected chi connectivity index (χ4v) is 16.5. The van der Waals surface area contributed by atoms with Crippen molar-refractivity contribution in [3.05, 3.63) is 65.2 Å². The largest absolute Gasteiger partial charge is 0.423 e. The first-order chi connectivity index (χ1) is 16.0. The van der Waals surface area contributed by atoms with Crippen LogP contribution in [0.1, 0.15) is 74.4 Å². The molecule has 3 rings (SSSR count). The van der Waals surface area contributed by atoms with Gasteiger partial charge in [-0.25, -0.2) is 4.79 Å². The summed E-state index contributed by atoms with van der Waals surface area (Å²) in [6, 6.07) is 18.6. The molecule has 0 radical (unpaired) electrons. The van der Waals surface area contributed by atoms with Crippen LogP contribution in [0.5, 0.6) is 5.75 Å². The van der Waals surface area contributed by atoms with Crippen molar-refractivity contribution < 1.29 is 14.0 Å². The number of ether oxygens (including phenoxy) is 1. The number of carbonyl (C=O) groups is 1. The number of unbranched alkanes of at least 4 members (excludes halogenated alkanes) is 2. The topological polar surface area (TPSA) is 35.5 Å². The van der Waals surface area contributed by atoms with Crippen LogP contribution in [0, 0.1) is 0 Å². The average molecular weight is 497 g/mol. The molecule has 0 spiro atoms. The van der Waals surface area contributed by atoms with Gasteiger partial charge in [0.2, 0.25) is 0 Å². The summed E-state index contributed by atoms with van der Waals surface area (Å²) in [5, 5.41) is 0. The number of benzene rings is 2. The molecular formula is C29H44O3Si2. The highest BCUT2D eigenvalue weighted by atomic mass is 29.3. The maximum absolute atomic E-state index is 12.5. The fraction of sp³-hybridized carbons (Fsp3) is 0.552. The first kappa shape index (κ1) is 26.9. The van der Waals surface area contributed by atoms with Crippen LogP contribution in [0.4, 0.5) is 0 Å². The molecule has 0 saturated carbocycles. The van der Waals surface area contributed by atoms with Crippen LogP contribution < -0.4 is 4.74 Å². The van der Waals surface area contributed by atoms with E-state index in [9.17, 15) is 4.79 Å². The highest BCUT2D eigenvalue weighted by molar-refractivity contribution is 7.38. The lowest BCUT2D eigenvalue weighted by molar-refractivity contribution is 0.0734. The Morgan fingerprint density at radius 1 is 0.912 bits per heavy atom. The van der Waals surface area contributed by atoms with E-state index in [4.69, 9.17) is 9.16 Å². The van der Waals surface area contributed by atoms with Crippen LogP contribution in [0.3, 0.4) is 0 Å². The Hall–Kier alpha value is -1.70. The quantitative estimate of drug-likeness (QED) is 0.144. The van der Waals surface area contributed by atoms with Gasteiger partial charge in [-0.05, 0) is 94.4 Å². The van der Waals surface area contributed by atoms with Gasteiger partial charge in [-0.1, -0.05) is 62.7 Å². The molecule has 1 saturated heterocycles. The Morgan fingerprint density at radius 2 is 1.50 bits per heavy atom. The predicted molar refractivity (Wildman–Crippen MR) is 148 cm³/mol. The maximum atomic E-state index is 12.5. The third-order valence-corrected chi connectivity index (χ3v) is 25.2. The van der Waals surface area contributed by atoms with Gasteiger partial charge >= 0.3 is 5.97 Å². The molecule has 0 aromatic heterocycles. The van der Waals surface area contributed by atoms with E-state index in [2.05, 4.69) is 64.7 Å². The van der Waals surface area contributed by atoms with Crippen molar-refractivity contribution in [2.75, 3.05) is 0 Å². The van der Waals surface area contributed by atoms with Gasteiger partial charge in [0, 0.05) is 0 Å². The van der Waals surface area contributed by atoms with Crippen molar-refractivity contribution >= 4 is 21.4 Å². The molecule has 1 aliphatic heterocycles. The second-order valence-electron chi connectivity index (χ2n) is 11.5. The van der Waals surface area contributed by atoms with Gasteiger partial charge in [0.25, 0.3) is 0 Å². The van der Waals surface area contributed by atoms with Crippen LogP contribution in [-0.4, -0.2) is 27.0 Å². The highest BCUT2D eigenvalue weighted by Gasteiger charge is 2.52. The molecule has 5 heteroatoms. The summed E-state index contributed by atoms with van der Waals surface area (Å²) in [6.45, 7) is 14.2. The van der Waals surface area contributed by atoms with E-state index < -0.39 is 15.4 Å². The van der Waals surface area contributed by atoms with Gasteiger partial charge < -0.3 is 9.16 Å². The van der Waals surface area contributed by atoms with E-state index in [0.717, 1.165) is 12.8 Å². The number of rotatable bonds is 10. The van der Waals surface area contributed by atoms with Crippen LogP contribution in [-0.2, 0) is 17.3 Å². The van der Waals surface area contributed by atoms with Gasteiger partial charge in [-0.15, -0.1) is 0 Å². The molecule has 1 heterocycles. The van der Waals surface area contributed by atoms with E-state index in [0.29, 0.717) is 11.3 Å².